The standard InChI is InChI=1S/C13H19N3O2/c1-2-9-3-5-16(6-4-9)12-11(14)7-10(8-15-12)13(17)18/h7-9H,2-6,14H2,1H3,(H,17,18). The fourth-order valence-corrected chi connectivity index (χ4v) is 2.41. The summed E-state index contributed by atoms with van der Waals surface area (Å²) < 4.78 is 0. The number of aromatic nitrogens is 1. The lowest BCUT2D eigenvalue weighted by Gasteiger charge is -2.33. The molecule has 0 spiro atoms. The summed E-state index contributed by atoms with van der Waals surface area (Å²) >= 11 is 0. The fourth-order valence-electron chi connectivity index (χ4n) is 2.41. The summed E-state index contributed by atoms with van der Waals surface area (Å²) in [5.74, 6) is 0.515. The predicted molar refractivity (Wildman–Crippen MR) is 70.8 cm³/mol. The van der Waals surface area contributed by atoms with Crippen molar-refractivity contribution in [2.75, 3.05) is 23.7 Å². The molecule has 0 aliphatic carbocycles. The molecular weight excluding hydrogens is 230 g/mol. The molecule has 0 bridgehead atoms. The van der Waals surface area contributed by atoms with Crippen LogP contribution in [0.25, 0.3) is 0 Å². The van der Waals surface area contributed by atoms with Crippen LogP contribution < -0.4 is 10.6 Å². The van der Waals surface area contributed by atoms with E-state index in [1.807, 2.05) is 0 Å². The molecule has 18 heavy (non-hydrogen) atoms. The monoisotopic (exact) mass is 249 g/mol. The number of carbonyl (C=O) groups is 1. The molecular formula is C13H19N3O2. The van der Waals surface area contributed by atoms with Crippen molar-refractivity contribution < 1.29 is 9.90 Å². The SMILES string of the molecule is CCC1CCN(c2ncc(C(=O)O)cc2N)CC1. The van der Waals surface area contributed by atoms with Crippen LogP contribution in [0.5, 0.6) is 0 Å². The second-order valence-corrected chi connectivity index (χ2v) is 4.78. The molecule has 1 saturated heterocycles. The summed E-state index contributed by atoms with van der Waals surface area (Å²) in [5.41, 5.74) is 6.48. The first-order chi connectivity index (χ1) is 8.61. The van der Waals surface area contributed by atoms with Gasteiger partial charge in [-0.3, -0.25) is 0 Å². The van der Waals surface area contributed by atoms with Crippen molar-refractivity contribution in [3.63, 3.8) is 0 Å². The maximum absolute atomic E-state index is 10.8. The Labute approximate surface area is 107 Å². The number of nitrogens with two attached hydrogens (primary N) is 1. The summed E-state index contributed by atoms with van der Waals surface area (Å²) in [6, 6.07) is 1.48. The third-order valence-corrected chi connectivity index (χ3v) is 3.63. The van der Waals surface area contributed by atoms with E-state index >= 15 is 0 Å². The Bertz CT molecular complexity index is 440. The van der Waals surface area contributed by atoms with Gasteiger partial charge in [-0.2, -0.15) is 0 Å². The molecule has 1 aliphatic rings. The number of piperidine rings is 1. The minimum Gasteiger partial charge on any atom is -0.478 e. The highest BCUT2D eigenvalue weighted by molar-refractivity contribution is 5.89. The molecule has 0 atom stereocenters. The quantitative estimate of drug-likeness (QED) is 0.856. The van der Waals surface area contributed by atoms with E-state index in [1.165, 1.54) is 18.7 Å². The number of hydrogen-bond acceptors (Lipinski definition) is 4. The van der Waals surface area contributed by atoms with E-state index in [4.69, 9.17) is 10.8 Å². The number of aromatic carboxylic acids is 1. The van der Waals surface area contributed by atoms with Crippen LogP contribution in [0.15, 0.2) is 12.3 Å². The number of nitrogen functional groups attached to an aromatic ring is 1. The number of carboxylic acid groups (broad SMARTS) is 1. The third-order valence-electron chi connectivity index (χ3n) is 3.63. The van der Waals surface area contributed by atoms with Gasteiger partial charge in [0, 0.05) is 19.3 Å². The highest BCUT2D eigenvalue weighted by Gasteiger charge is 2.20. The van der Waals surface area contributed by atoms with Crippen molar-refractivity contribution in [3.8, 4) is 0 Å². The van der Waals surface area contributed by atoms with Gasteiger partial charge in [-0.25, -0.2) is 9.78 Å². The van der Waals surface area contributed by atoms with Crippen molar-refractivity contribution >= 4 is 17.5 Å². The van der Waals surface area contributed by atoms with Gasteiger partial charge in [0.25, 0.3) is 0 Å². The van der Waals surface area contributed by atoms with Crippen LogP contribution in [0.2, 0.25) is 0 Å². The smallest absolute Gasteiger partial charge is 0.337 e. The normalized spacial score (nSPS) is 16.8. The topological polar surface area (TPSA) is 79.5 Å². The lowest BCUT2D eigenvalue weighted by Crippen LogP contribution is -2.34. The molecule has 2 heterocycles. The number of hydrogen-bond donors (Lipinski definition) is 2. The van der Waals surface area contributed by atoms with Gasteiger partial charge < -0.3 is 15.7 Å². The van der Waals surface area contributed by atoms with E-state index in [0.29, 0.717) is 5.69 Å². The van der Waals surface area contributed by atoms with Gasteiger partial charge >= 0.3 is 5.97 Å². The second kappa shape index (κ2) is 5.25. The molecule has 98 valence electrons. The Kier molecular flexibility index (Phi) is 3.69. The molecule has 0 saturated carbocycles. The average molecular weight is 249 g/mol. The summed E-state index contributed by atoms with van der Waals surface area (Å²) in [6.07, 6.45) is 4.89. The first kappa shape index (κ1) is 12.7. The molecule has 0 radical (unpaired) electrons. The van der Waals surface area contributed by atoms with Gasteiger partial charge in [0.05, 0.1) is 11.3 Å². The Hall–Kier alpha value is -1.78. The number of anilines is 2. The van der Waals surface area contributed by atoms with Crippen LogP contribution in [-0.2, 0) is 0 Å². The fraction of sp³-hybridized carbons (Fsp3) is 0.538. The van der Waals surface area contributed by atoms with Crippen molar-refractivity contribution in [2.24, 2.45) is 5.92 Å². The van der Waals surface area contributed by atoms with E-state index in [0.717, 1.165) is 37.7 Å². The third kappa shape index (κ3) is 2.55. The van der Waals surface area contributed by atoms with E-state index in [2.05, 4.69) is 16.8 Å². The molecule has 0 amide bonds. The highest BCUT2D eigenvalue weighted by Crippen LogP contribution is 2.27. The van der Waals surface area contributed by atoms with Gasteiger partial charge in [-0.15, -0.1) is 0 Å². The van der Waals surface area contributed by atoms with Gasteiger partial charge in [-0.05, 0) is 24.8 Å². The molecule has 0 aromatic carbocycles. The number of rotatable bonds is 3. The van der Waals surface area contributed by atoms with Gasteiger partial charge in [0.15, 0.2) is 5.82 Å². The minimum absolute atomic E-state index is 0.139. The molecule has 2 rings (SSSR count). The maximum atomic E-state index is 10.8. The van der Waals surface area contributed by atoms with Crippen LogP contribution in [0.4, 0.5) is 11.5 Å². The Balaban J connectivity index is 2.12. The van der Waals surface area contributed by atoms with Crippen LogP contribution in [0.1, 0.15) is 36.5 Å². The van der Waals surface area contributed by atoms with E-state index in [-0.39, 0.29) is 5.56 Å². The maximum Gasteiger partial charge on any atom is 0.337 e. The molecule has 1 aromatic rings. The number of pyridine rings is 1. The van der Waals surface area contributed by atoms with Crippen molar-refractivity contribution in [1.82, 2.24) is 4.98 Å². The van der Waals surface area contributed by atoms with E-state index in [9.17, 15) is 4.79 Å². The lowest BCUT2D eigenvalue weighted by molar-refractivity contribution is 0.0696. The van der Waals surface area contributed by atoms with Crippen LogP contribution in [0, 0.1) is 5.92 Å². The number of carboxylic acids is 1. The summed E-state index contributed by atoms with van der Waals surface area (Å²) in [5, 5.41) is 8.87. The minimum atomic E-state index is -0.995. The zero-order valence-corrected chi connectivity index (χ0v) is 10.6. The van der Waals surface area contributed by atoms with Crippen LogP contribution >= 0.6 is 0 Å². The molecule has 5 nitrogen and oxygen atoms in total. The Morgan fingerprint density at radius 1 is 1.56 bits per heavy atom. The summed E-state index contributed by atoms with van der Waals surface area (Å²) in [6.45, 7) is 4.11. The summed E-state index contributed by atoms with van der Waals surface area (Å²) in [4.78, 5) is 17.2. The zero-order valence-electron chi connectivity index (χ0n) is 10.6. The van der Waals surface area contributed by atoms with Crippen LogP contribution in [0.3, 0.4) is 0 Å². The molecule has 1 aromatic heterocycles. The molecule has 3 N–H and O–H groups in total. The van der Waals surface area contributed by atoms with Gasteiger partial charge in [0.1, 0.15) is 0 Å². The van der Waals surface area contributed by atoms with E-state index < -0.39 is 5.97 Å². The average Bonchev–Trinajstić information content (AvgIpc) is 2.38. The first-order valence-electron chi connectivity index (χ1n) is 6.35. The van der Waals surface area contributed by atoms with E-state index in [1.54, 1.807) is 0 Å². The zero-order chi connectivity index (χ0) is 13.1. The molecule has 5 heteroatoms. The predicted octanol–water partition coefficient (Wildman–Crippen LogP) is 1.99. The van der Waals surface area contributed by atoms with Gasteiger partial charge in [-0.1, -0.05) is 13.3 Å². The highest BCUT2D eigenvalue weighted by atomic mass is 16.4. The van der Waals surface area contributed by atoms with Crippen molar-refractivity contribution in [2.45, 2.75) is 26.2 Å². The molecule has 1 fully saturated rings. The molecule has 1 aliphatic heterocycles. The molecule has 0 unspecified atom stereocenters. The van der Waals surface area contributed by atoms with Crippen molar-refractivity contribution in [3.05, 3.63) is 17.8 Å². The van der Waals surface area contributed by atoms with Gasteiger partial charge in [0.2, 0.25) is 0 Å². The number of nitrogens with zero attached hydrogens (tertiary/aromatic N) is 2. The Morgan fingerprint density at radius 3 is 2.72 bits per heavy atom. The van der Waals surface area contributed by atoms with Crippen LogP contribution in [-0.4, -0.2) is 29.1 Å². The van der Waals surface area contributed by atoms with Crippen molar-refractivity contribution in [1.29, 1.82) is 0 Å². The summed E-state index contributed by atoms with van der Waals surface area (Å²) in [7, 11) is 0. The first-order valence-corrected chi connectivity index (χ1v) is 6.35. The Morgan fingerprint density at radius 2 is 2.22 bits per heavy atom. The lowest BCUT2D eigenvalue weighted by atomic mass is 9.94. The second-order valence-electron chi connectivity index (χ2n) is 4.78. The largest absolute Gasteiger partial charge is 0.478 e.